The fourth-order valence-electron chi connectivity index (χ4n) is 0.276. The summed E-state index contributed by atoms with van der Waals surface area (Å²) >= 11 is 1.97. The van der Waals surface area contributed by atoms with Gasteiger partial charge < -0.3 is 4.74 Å². The Bertz CT molecular complexity index is 110. The fourth-order valence-corrected chi connectivity index (χ4v) is 0.496. The molecule has 0 fully saturated rings. The van der Waals surface area contributed by atoms with Crippen molar-refractivity contribution in [2.24, 2.45) is 0 Å². The van der Waals surface area contributed by atoms with Crippen LogP contribution in [-0.2, 0) is 9.53 Å². The lowest BCUT2D eigenvalue weighted by atomic mass is 10.5. The number of allylic oxidation sites excluding steroid dienone is 1. The summed E-state index contributed by atoms with van der Waals surface area (Å²) in [7, 11) is 0. The highest BCUT2D eigenvalue weighted by Crippen LogP contribution is 1.85. The van der Waals surface area contributed by atoms with E-state index in [1.54, 1.807) is 6.08 Å². The lowest BCUT2D eigenvalue weighted by Crippen LogP contribution is -2.04. The number of ether oxygens (including phenoxy) is 1. The zero-order valence-electron chi connectivity index (χ0n) is 5.26. The average molecular weight is 240 g/mol. The minimum absolute atomic E-state index is 0.159. The molecule has 0 saturated carbocycles. The fraction of sp³-hybridized carbons (Fsp3) is 0.500. The molecular formula is C6H9IO2. The van der Waals surface area contributed by atoms with E-state index in [0.29, 0.717) is 11.0 Å². The number of hydrogen-bond donors (Lipinski definition) is 0. The highest BCUT2D eigenvalue weighted by molar-refractivity contribution is 14.1. The van der Waals surface area contributed by atoms with Gasteiger partial charge in [-0.2, -0.15) is 0 Å². The van der Waals surface area contributed by atoms with E-state index in [0.717, 1.165) is 0 Å². The van der Waals surface area contributed by atoms with Crippen molar-refractivity contribution >= 4 is 28.6 Å². The second kappa shape index (κ2) is 6.07. The van der Waals surface area contributed by atoms with Gasteiger partial charge in [-0.1, -0.05) is 34.7 Å². The second-order valence-corrected chi connectivity index (χ2v) is 2.15. The Morgan fingerprint density at radius 3 is 2.89 bits per heavy atom. The van der Waals surface area contributed by atoms with E-state index in [2.05, 4.69) is 0 Å². The summed E-state index contributed by atoms with van der Waals surface area (Å²) in [6.45, 7) is 2.29. The van der Waals surface area contributed by atoms with Crippen LogP contribution >= 0.6 is 22.6 Å². The molecule has 0 heterocycles. The van der Waals surface area contributed by atoms with Crippen LogP contribution in [-0.4, -0.2) is 17.0 Å². The van der Waals surface area contributed by atoms with Crippen LogP contribution in [0.2, 0.25) is 0 Å². The molecule has 0 aliphatic heterocycles. The van der Waals surface area contributed by atoms with Gasteiger partial charge in [0.1, 0.15) is 6.61 Å². The molecule has 0 aromatic carbocycles. The second-order valence-electron chi connectivity index (χ2n) is 1.39. The van der Waals surface area contributed by atoms with Gasteiger partial charge in [0, 0.05) is 0 Å². The quantitative estimate of drug-likeness (QED) is 0.323. The van der Waals surface area contributed by atoms with Gasteiger partial charge in [-0.15, -0.1) is 0 Å². The minimum Gasteiger partial charge on any atom is -0.461 e. The number of carbonyl (C=O) groups is 1. The highest BCUT2D eigenvalue weighted by atomic mass is 127. The molecule has 0 aliphatic rings. The van der Waals surface area contributed by atoms with Crippen LogP contribution in [0.15, 0.2) is 12.2 Å². The van der Waals surface area contributed by atoms with Crippen LogP contribution in [0.3, 0.4) is 0 Å². The van der Waals surface area contributed by atoms with Gasteiger partial charge in [0.25, 0.3) is 0 Å². The van der Waals surface area contributed by atoms with E-state index in [1.165, 1.54) is 0 Å². The van der Waals surface area contributed by atoms with E-state index in [4.69, 9.17) is 4.74 Å². The Labute approximate surface area is 68.4 Å². The highest BCUT2D eigenvalue weighted by Gasteiger charge is 1.93. The van der Waals surface area contributed by atoms with Gasteiger partial charge in [0.15, 0.2) is 0 Å². The molecule has 0 unspecified atom stereocenters. The molecule has 0 amide bonds. The molecule has 0 saturated heterocycles. The number of halogens is 1. The van der Waals surface area contributed by atoms with Crippen LogP contribution in [0.4, 0.5) is 0 Å². The largest absolute Gasteiger partial charge is 0.461 e. The first-order valence-electron chi connectivity index (χ1n) is 2.64. The van der Waals surface area contributed by atoms with E-state index < -0.39 is 0 Å². The van der Waals surface area contributed by atoms with Crippen molar-refractivity contribution in [3.63, 3.8) is 0 Å². The Kier molecular flexibility index (Phi) is 6.03. The molecule has 0 rings (SSSR count). The number of esters is 1. The van der Waals surface area contributed by atoms with Crippen LogP contribution in [0.1, 0.15) is 6.92 Å². The molecule has 9 heavy (non-hydrogen) atoms. The van der Waals surface area contributed by atoms with Crippen molar-refractivity contribution in [3.05, 3.63) is 12.2 Å². The Hall–Kier alpha value is -0.0600. The molecule has 0 radical (unpaired) electrons. The van der Waals surface area contributed by atoms with Crippen LogP contribution in [0.5, 0.6) is 0 Å². The van der Waals surface area contributed by atoms with Crippen LogP contribution in [0, 0.1) is 0 Å². The summed E-state index contributed by atoms with van der Waals surface area (Å²) in [5.41, 5.74) is 0. The first kappa shape index (κ1) is 8.94. The van der Waals surface area contributed by atoms with Crippen molar-refractivity contribution in [2.75, 3.05) is 11.0 Å². The maximum absolute atomic E-state index is 10.4. The minimum atomic E-state index is -0.159. The molecule has 0 atom stereocenters. The third-order valence-electron chi connectivity index (χ3n) is 0.685. The standard InChI is InChI=1S/C6H9IO2/c1-2-3-4-9-6(8)5-7/h2-3H,4-5H2,1H3/b3-2+. The molecule has 2 nitrogen and oxygen atoms in total. The van der Waals surface area contributed by atoms with E-state index in [1.807, 2.05) is 35.6 Å². The van der Waals surface area contributed by atoms with Crippen molar-refractivity contribution in [1.29, 1.82) is 0 Å². The third kappa shape index (κ3) is 5.82. The van der Waals surface area contributed by atoms with Crippen molar-refractivity contribution in [1.82, 2.24) is 0 Å². The monoisotopic (exact) mass is 240 g/mol. The number of rotatable bonds is 3. The molecule has 0 aromatic heterocycles. The molecule has 52 valence electrons. The lowest BCUT2D eigenvalue weighted by Gasteiger charge is -1.94. The zero-order valence-corrected chi connectivity index (χ0v) is 7.42. The molecule has 0 aliphatic carbocycles. The maximum Gasteiger partial charge on any atom is 0.316 e. The molecule has 3 heteroatoms. The van der Waals surface area contributed by atoms with Gasteiger partial charge in [-0.3, -0.25) is 4.79 Å². The predicted octanol–water partition coefficient (Wildman–Crippen LogP) is 1.54. The van der Waals surface area contributed by atoms with Crippen LogP contribution in [0.25, 0.3) is 0 Å². The van der Waals surface area contributed by atoms with Gasteiger partial charge >= 0.3 is 5.97 Å². The number of hydrogen-bond acceptors (Lipinski definition) is 2. The SMILES string of the molecule is C/C=C/COC(=O)CI. The van der Waals surface area contributed by atoms with E-state index in [9.17, 15) is 4.79 Å². The van der Waals surface area contributed by atoms with Crippen LogP contribution < -0.4 is 0 Å². The van der Waals surface area contributed by atoms with E-state index in [-0.39, 0.29) is 5.97 Å². The summed E-state index contributed by atoms with van der Waals surface area (Å²) in [6.07, 6.45) is 3.64. The molecular weight excluding hydrogens is 231 g/mol. The molecule has 0 bridgehead atoms. The van der Waals surface area contributed by atoms with Crippen molar-refractivity contribution in [3.8, 4) is 0 Å². The summed E-state index contributed by atoms with van der Waals surface area (Å²) < 4.78 is 5.12. The Balaban J connectivity index is 3.17. The van der Waals surface area contributed by atoms with Gasteiger partial charge in [0.2, 0.25) is 0 Å². The Morgan fingerprint density at radius 1 is 1.78 bits per heavy atom. The summed E-state index contributed by atoms with van der Waals surface area (Å²) in [4.78, 5) is 10.4. The summed E-state index contributed by atoms with van der Waals surface area (Å²) in [6, 6.07) is 0. The maximum atomic E-state index is 10.4. The smallest absolute Gasteiger partial charge is 0.316 e. The Morgan fingerprint density at radius 2 is 2.44 bits per heavy atom. The molecule has 0 N–H and O–H groups in total. The lowest BCUT2D eigenvalue weighted by molar-refractivity contribution is -0.138. The average Bonchev–Trinajstić information content (AvgIpc) is 1.89. The van der Waals surface area contributed by atoms with Gasteiger partial charge in [-0.05, 0) is 6.92 Å². The third-order valence-corrected chi connectivity index (χ3v) is 1.31. The zero-order chi connectivity index (χ0) is 7.11. The van der Waals surface area contributed by atoms with Crippen molar-refractivity contribution in [2.45, 2.75) is 6.92 Å². The van der Waals surface area contributed by atoms with Crippen molar-refractivity contribution < 1.29 is 9.53 Å². The van der Waals surface area contributed by atoms with Gasteiger partial charge in [-0.25, -0.2) is 0 Å². The van der Waals surface area contributed by atoms with E-state index >= 15 is 0 Å². The first-order chi connectivity index (χ1) is 4.31. The topological polar surface area (TPSA) is 26.3 Å². The summed E-state index contributed by atoms with van der Waals surface area (Å²) in [5, 5.41) is 0. The first-order valence-corrected chi connectivity index (χ1v) is 4.16. The normalized spacial score (nSPS) is 10.0. The number of carbonyl (C=O) groups excluding carboxylic acids is 1. The molecule has 0 spiro atoms. The number of alkyl halides is 1. The molecule has 0 aromatic rings. The van der Waals surface area contributed by atoms with Gasteiger partial charge in [0.05, 0.1) is 4.43 Å². The predicted molar refractivity (Wildman–Crippen MR) is 44.7 cm³/mol. The summed E-state index contributed by atoms with van der Waals surface area (Å²) in [5.74, 6) is -0.159.